The van der Waals surface area contributed by atoms with Crippen LogP contribution in [0.2, 0.25) is 0 Å². The zero-order valence-corrected chi connectivity index (χ0v) is 11.0. The third-order valence-corrected chi connectivity index (χ3v) is 3.17. The van der Waals surface area contributed by atoms with E-state index in [1.54, 1.807) is 0 Å². The lowest BCUT2D eigenvalue weighted by molar-refractivity contribution is 0.0678. The Labute approximate surface area is 123 Å². The lowest BCUT2D eigenvalue weighted by Gasteiger charge is -2.05. The fourth-order valence-electron chi connectivity index (χ4n) is 2.28. The third kappa shape index (κ3) is 2.08. The molecule has 2 N–H and O–H groups in total. The SMILES string of the molecule is O=C(O)c1nc(-c2cccc(F)c2)n2c(C(=O)O)cccc12. The van der Waals surface area contributed by atoms with Gasteiger partial charge in [0.15, 0.2) is 5.69 Å². The van der Waals surface area contributed by atoms with E-state index in [1.807, 2.05) is 0 Å². The average molecular weight is 300 g/mol. The minimum Gasteiger partial charge on any atom is -0.477 e. The van der Waals surface area contributed by atoms with Gasteiger partial charge in [-0.05, 0) is 24.3 Å². The van der Waals surface area contributed by atoms with Crippen molar-refractivity contribution in [3.8, 4) is 11.4 Å². The van der Waals surface area contributed by atoms with Crippen molar-refractivity contribution in [1.29, 1.82) is 0 Å². The highest BCUT2D eigenvalue weighted by Gasteiger charge is 2.21. The number of aromatic nitrogens is 2. The van der Waals surface area contributed by atoms with Crippen LogP contribution >= 0.6 is 0 Å². The van der Waals surface area contributed by atoms with E-state index in [0.29, 0.717) is 0 Å². The minimum absolute atomic E-state index is 0.0601. The van der Waals surface area contributed by atoms with Crippen LogP contribution in [-0.4, -0.2) is 31.5 Å². The van der Waals surface area contributed by atoms with E-state index in [-0.39, 0.29) is 28.3 Å². The molecule has 3 aromatic rings. The van der Waals surface area contributed by atoms with Crippen molar-refractivity contribution < 1.29 is 24.2 Å². The van der Waals surface area contributed by atoms with Gasteiger partial charge in [0.1, 0.15) is 17.3 Å². The average Bonchev–Trinajstić information content (AvgIpc) is 2.86. The second-order valence-electron chi connectivity index (χ2n) is 4.54. The Bertz CT molecular complexity index is 917. The van der Waals surface area contributed by atoms with Crippen molar-refractivity contribution >= 4 is 17.5 Å². The van der Waals surface area contributed by atoms with E-state index in [2.05, 4.69) is 4.98 Å². The molecule has 0 saturated heterocycles. The number of carbonyl (C=O) groups is 2. The Morgan fingerprint density at radius 3 is 2.41 bits per heavy atom. The first-order chi connectivity index (χ1) is 10.5. The monoisotopic (exact) mass is 300 g/mol. The lowest BCUT2D eigenvalue weighted by atomic mass is 10.2. The van der Waals surface area contributed by atoms with Gasteiger partial charge in [0, 0.05) is 5.56 Å². The van der Waals surface area contributed by atoms with Crippen LogP contribution in [0.3, 0.4) is 0 Å². The summed E-state index contributed by atoms with van der Waals surface area (Å²) >= 11 is 0. The summed E-state index contributed by atoms with van der Waals surface area (Å²) in [4.78, 5) is 26.7. The van der Waals surface area contributed by atoms with Gasteiger partial charge in [-0.15, -0.1) is 0 Å². The second kappa shape index (κ2) is 4.96. The molecule has 22 heavy (non-hydrogen) atoms. The van der Waals surface area contributed by atoms with Gasteiger partial charge in [0.25, 0.3) is 0 Å². The lowest BCUT2D eigenvalue weighted by Crippen LogP contribution is -2.06. The molecule has 7 heteroatoms. The molecule has 0 amide bonds. The summed E-state index contributed by atoms with van der Waals surface area (Å²) in [6.07, 6.45) is 0. The van der Waals surface area contributed by atoms with E-state index < -0.39 is 17.8 Å². The van der Waals surface area contributed by atoms with E-state index in [4.69, 9.17) is 0 Å². The van der Waals surface area contributed by atoms with Crippen LogP contribution in [0.4, 0.5) is 4.39 Å². The summed E-state index contributed by atoms with van der Waals surface area (Å²) in [6, 6.07) is 9.58. The summed E-state index contributed by atoms with van der Waals surface area (Å²) in [6.45, 7) is 0. The van der Waals surface area contributed by atoms with E-state index in [1.165, 1.54) is 46.9 Å². The highest BCUT2D eigenvalue weighted by molar-refractivity contribution is 5.97. The number of carboxylic acids is 2. The molecule has 3 rings (SSSR count). The first kappa shape index (κ1) is 13.7. The number of carboxylic acid groups (broad SMARTS) is 2. The molecule has 0 saturated carbocycles. The van der Waals surface area contributed by atoms with Crippen LogP contribution in [0, 0.1) is 5.82 Å². The van der Waals surface area contributed by atoms with Crippen molar-refractivity contribution in [1.82, 2.24) is 9.38 Å². The van der Waals surface area contributed by atoms with E-state index in [0.717, 1.165) is 0 Å². The smallest absolute Gasteiger partial charge is 0.356 e. The number of nitrogens with zero attached hydrogens (tertiary/aromatic N) is 2. The van der Waals surface area contributed by atoms with Gasteiger partial charge in [-0.1, -0.05) is 18.2 Å². The molecule has 2 aromatic heterocycles. The summed E-state index contributed by atoms with van der Waals surface area (Å²) in [7, 11) is 0. The van der Waals surface area contributed by atoms with Crippen molar-refractivity contribution in [3.05, 3.63) is 59.7 Å². The Balaban J connectivity index is 2.43. The van der Waals surface area contributed by atoms with Gasteiger partial charge in [-0.25, -0.2) is 19.0 Å². The van der Waals surface area contributed by atoms with Crippen LogP contribution in [-0.2, 0) is 0 Å². The van der Waals surface area contributed by atoms with Crippen LogP contribution in [0.15, 0.2) is 42.5 Å². The molecule has 1 aromatic carbocycles. The van der Waals surface area contributed by atoms with Crippen molar-refractivity contribution in [2.24, 2.45) is 0 Å². The second-order valence-corrected chi connectivity index (χ2v) is 4.54. The van der Waals surface area contributed by atoms with Crippen molar-refractivity contribution in [2.45, 2.75) is 0 Å². The first-order valence-electron chi connectivity index (χ1n) is 6.23. The molecule has 0 radical (unpaired) electrons. The highest BCUT2D eigenvalue weighted by atomic mass is 19.1. The first-order valence-corrected chi connectivity index (χ1v) is 6.23. The molecule has 0 aliphatic rings. The Kier molecular flexibility index (Phi) is 3.10. The summed E-state index contributed by atoms with van der Waals surface area (Å²) in [5.74, 6) is -3.00. The standard InChI is InChI=1S/C15H9FN2O4/c16-9-4-1-3-8(7-9)13-17-12(15(21)22)10-5-2-6-11(14(19)20)18(10)13/h1-7H,(H,19,20)(H,21,22). The van der Waals surface area contributed by atoms with E-state index >= 15 is 0 Å². The molecule has 110 valence electrons. The topological polar surface area (TPSA) is 91.9 Å². The van der Waals surface area contributed by atoms with Gasteiger partial charge < -0.3 is 10.2 Å². The maximum absolute atomic E-state index is 13.4. The number of fused-ring (bicyclic) bond motifs is 1. The summed E-state index contributed by atoms with van der Waals surface area (Å²) < 4.78 is 14.6. The number of benzene rings is 1. The largest absolute Gasteiger partial charge is 0.477 e. The Hall–Kier alpha value is -3.22. The molecule has 0 spiro atoms. The summed E-state index contributed by atoms with van der Waals surface area (Å²) in [5, 5.41) is 18.5. The highest BCUT2D eigenvalue weighted by Crippen LogP contribution is 2.25. The fourth-order valence-corrected chi connectivity index (χ4v) is 2.28. The van der Waals surface area contributed by atoms with Gasteiger partial charge in [-0.3, -0.25) is 4.40 Å². The zero-order chi connectivity index (χ0) is 15.9. The van der Waals surface area contributed by atoms with Crippen molar-refractivity contribution in [3.63, 3.8) is 0 Å². The molecule has 6 nitrogen and oxygen atoms in total. The third-order valence-electron chi connectivity index (χ3n) is 3.17. The Morgan fingerprint density at radius 2 is 1.77 bits per heavy atom. The molecule has 0 atom stereocenters. The molecule has 0 bridgehead atoms. The number of aromatic carboxylic acids is 2. The molecule has 2 heterocycles. The summed E-state index contributed by atoms with van der Waals surface area (Å²) in [5.41, 5.74) is -0.0259. The van der Waals surface area contributed by atoms with Crippen molar-refractivity contribution in [2.75, 3.05) is 0 Å². The maximum atomic E-state index is 13.4. The molecular weight excluding hydrogens is 291 g/mol. The van der Waals surface area contributed by atoms with Crippen LogP contribution in [0.1, 0.15) is 21.0 Å². The number of halogens is 1. The van der Waals surface area contributed by atoms with Crippen LogP contribution in [0.5, 0.6) is 0 Å². The predicted molar refractivity (Wildman–Crippen MR) is 74.5 cm³/mol. The van der Waals surface area contributed by atoms with Gasteiger partial charge in [0.05, 0.1) is 5.52 Å². The zero-order valence-electron chi connectivity index (χ0n) is 11.0. The van der Waals surface area contributed by atoms with Gasteiger partial charge >= 0.3 is 11.9 Å². The molecule has 0 fully saturated rings. The molecule has 0 unspecified atom stereocenters. The number of hydrogen-bond donors (Lipinski definition) is 2. The number of pyridine rings is 1. The molecule has 0 aliphatic carbocycles. The molecular formula is C15H9FN2O4. The van der Waals surface area contributed by atoms with E-state index in [9.17, 15) is 24.2 Å². The quantitative estimate of drug-likeness (QED) is 0.775. The minimum atomic E-state index is -1.29. The van der Waals surface area contributed by atoms with Crippen LogP contribution < -0.4 is 0 Å². The number of hydrogen-bond acceptors (Lipinski definition) is 3. The molecule has 0 aliphatic heterocycles. The van der Waals surface area contributed by atoms with Gasteiger partial charge in [0.2, 0.25) is 0 Å². The number of imidazole rings is 1. The van der Waals surface area contributed by atoms with Gasteiger partial charge in [-0.2, -0.15) is 0 Å². The maximum Gasteiger partial charge on any atom is 0.356 e. The number of rotatable bonds is 3. The predicted octanol–water partition coefficient (Wildman–Crippen LogP) is 2.54. The van der Waals surface area contributed by atoms with Crippen LogP contribution in [0.25, 0.3) is 16.9 Å². The Morgan fingerprint density at radius 1 is 1.05 bits per heavy atom. The fraction of sp³-hybridized carbons (Fsp3) is 0. The normalized spacial score (nSPS) is 10.8.